The summed E-state index contributed by atoms with van der Waals surface area (Å²) in [7, 11) is 1.73. The fraction of sp³-hybridized carbons (Fsp3) is 0.667. The van der Waals surface area contributed by atoms with Crippen LogP contribution in [-0.2, 0) is 11.3 Å². The molecule has 1 aromatic carbocycles. The maximum atomic E-state index is 11.0. The normalized spacial score (nSPS) is 17.2. The Morgan fingerprint density at radius 2 is 1.76 bits per heavy atom. The molecule has 2 atom stereocenters. The van der Waals surface area contributed by atoms with Gasteiger partial charge in [0.15, 0.2) is 0 Å². The van der Waals surface area contributed by atoms with Crippen LogP contribution in [0.4, 0.5) is 10.5 Å². The Hall–Kier alpha value is -2.46. The highest BCUT2D eigenvalue weighted by Gasteiger charge is 2.35. The number of carbonyl (C=O) groups is 2. The highest BCUT2D eigenvalue weighted by atomic mass is 32.2. The number of fused-ring (bicyclic) bond motifs is 1. The number of hydrogen-bond donors (Lipinski definition) is 6. The van der Waals surface area contributed by atoms with E-state index in [1.807, 2.05) is 36.0 Å². The van der Waals surface area contributed by atoms with Crippen LogP contribution in [0.15, 0.2) is 29.3 Å². The molecule has 2 aliphatic heterocycles. The van der Waals surface area contributed by atoms with Crippen LogP contribution in [0, 0.1) is 5.92 Å². The molecular weight excluding hydrogens is 488 g/mol. The van der Waals surface area contributed by atoms with Crippen LogP contribution in [0.2, 0.25) is 0 Å². The van der Waals surface area contributed by atoms with Crippen LogP contribution in [0.3, 0.4) is 0 Å². The molecule has 0 bridgehead atoms. The van der Waals surface area contributed by atoms with Crippen LogP contribution in [0.25, 0.3) is 0 Å². The molecule has 3 rings (SSSR count). The topological polar surface area (TPSA) is 141 Å². The number of aliphatic hydroxyl groups excluding tert-OH is 1. The summed E-state index contributed by atoms with van der Waals surface area (Å²) in [5, 5.41) is 19.7. The van der Waals surface area contributed by atoms with E-state index in [1.54, 1.807) is 13.4 Å². The lowest BCUT2D eigenvalue weighted by Crippen LogP contribution is -2.31. The Labute approximate surface area is 228 Å². The third kappa shape index (κ3) is 19.3. The minimum Gasteiger partial charge on any atom is -0.399 e. The lowest BCUT2D eigenvalue weighted by atomic mass is 10.2. The van der Waals surface area contributed by atoms with Gasteiger partial charge in [0.2, 0.25) is 5.91 Å². The van der Waals surface area contributed by atoms with E-state index in [0.29, 0.717) is 31.0 Å². The average Bonchev–Trinajstić information content (AvgIpc) is 3.45. The largest absolute Gasteiger partial charge is 0.399 e. The fourth-order valence-electron chi connectivity index (χ4n) is 3.01. The van der Waals surface area contributed by atoms with E-state index in [-0.39, 0.29) is 11.9 Å². The lowest BCUT2D eigenvalue weighted by molar-refractivity contribution is -0.121. The molecule has 2 heterocycles. The zero-order chi connectivity index (χ0) is 27.9. The van der Waals surface area contributed by atoms with E-state index in [0.717, 1.165) is 56.0 Å². The number of carbonyl (C=O) groups excluding carboxylic acids is 2. The Balaban J connectivity index is 0.000000485. The van der Waals surface area contributed by atoms with Crippen LogP contribution in [0.5, 0.6) is 0 Å². The molecule has 0 unspecified atom stereocenters. The van der Waals surface area contributed by atoms with Gasteiger partial charge in [-0.2, -0.15) is 11.8 Å². The van der Waals surface area contributed by atoms with Gasteiger partial charge in [-0.25, -0.2) is 4.79 Å². The van der Waals surface area contributed by atoms with Crippen LogP contribution >= 0.6 is 11.8 Å². The number of benzene rings is 1. The SMILES string of the molecule is CCCCC(=O)NCC(C)C.CCCCO.CN=CNCc1ccc(N)cc1.O=C1N[C@H]2CSC[C@H]2N1. The quantitative estimate of drug-likeness (QED) is 0.117. The maximum Gasteiger partial charge on any atom is 0.315 e. The second-order valence-corrected chi connectivity index (χ2v) is 10.3. The first-order chi connectivity index (χ1) is 17.8. The first-order valence-corrected chi connectivity index (χ1v) is 14.4. The molecule has 0 radical (unpaired) electrons. The molecule has 37 heavy (non-hydrogen) atoms. The van der Waals surface area contributed by atoms with Gasteiger partial charge in [-0.3, -0.25) is 9.79 Å². The smallest absolute Gasteiger partial charge is 0.315 e. The Morgan fingerprint density at radius 3 is 2.22 bits per heavy atom. The van der Waals surface area contributed by atoms with E-state index < -0.39 is 0 Å². The minimum absolute atomic E-state index is 0.00491. The first-order valence-electron chi connectivity index (χ1n) is 13.3. The number of thioether (sulfide) groups is 1. The predicted molar refractivity (Wildman–Crippen MR) is 158 cm³/mol. The number of nitrogens with two attached hydrogens (primary N) is 1. The summed E-state index contributed by atoms with van der Waals surface area (Å²) < 4.78 is 0. The molecule has 212 valence electrons. The number of urea groups is 1. The van der Waals surface area contributed by atoms with Crippen molar-refractivity contribution in [3.63, 3.8) is 0 Å². The van der Waals surface area contributed by atoms with Gasteiger partial charge in [0.1, 0.15) is 0 Å². The summed E-state index contributed by atoms with van der Waals surface area (Å²) in [6, 6.07) is 8.58. The van der Waals surface area contributed by atoms with Gasteiger partial charge in [-0.05, 0) is 36.5 Å². The second kappa shape index (κ2) is 22.7. The van der Waals surface area contributed by atoms with Gasteiger partial charge in [0.25, 0.3) is 0 Å². The molecule has 10 heteroatoms. The van der Waals surface area contributed by atoms with Crippen molar-refractivity contribution in [1.29, 1.82) is 0 Å². The van der Waals surface area contributed by atoms with Gasteiger partial charge in [0.05, 0.1) is 18.4 Å². The average molecular weight is 539 g/mol. The number of aliphatic hydroxyl groups is 1. The molecular formula is C27H50N6O3S. The maximum absolute atomic E-state index is 11.0. The number of nitrogen functional groups attached to an aromatic ring is 1. The monoisotopic (exact) mass is 538 g/mol. The van der Waals surface area contributed by atoms with Crippen LogP contribution < -0.4 is 27.0 Å². The van der Waals surface area contributed by atoms with Crippen molar-refractivity contribution in [1.82, 2.24) is 21.3 Å². The van der Waals surface area contributed by atoms with E-state index in [9.17, 15) is 9.59 Å². The number of nitrogens with zero attached hydrogens (tertiary/aromatic N) is 1. The van der Waals surface area contributed by atoms with Crippen molar-refractivity contribution in [3.8, 4) is 0 Å². The summed E-state index contributed by atoms with van der Waals surface area (Å²) in [5.41, 5.74) is 7.53. The molecule has 0 aromatic heterocycles. The van der Waals surface area contributed by atoms with Gasteiger partial charge in [-0.15, -0.1) is 0 Å². The van der Waals surface area contributed by atoms with Crippen molar-refractivity contribution >= 4 is 35.7 Å². The predicted octanol–water partition coefficient (Wildman–Crippen LogP) is 3.53. The van der Waals surface area contributed by atoms with Crippen molar-refractivity contribution in [2.45, 2.75) is 78.4 Å². The lowest BCUT2D eigenvalue weighted by Gasteiger charge is -2.06. The van der Waals surface area contributed by atoms with Crippen LogP contribution in [-0.4, -0.2) is 67.2 Å². The van der Waals surface area contributed by atoms with Crippen molar-refractivity contribution in [2.24, 2.45) is 10.9 Å². The van der Waals surface area contributed by atoms with Crippen LogP contribution in [0.1, 0.15) is 65.4 Å². The molecule has 7 N–H and O–H groups in total. The standard InChI is InChI=1S/C9H13N3.C9H19NO.C5H8N2OS.C4H10O/c1-11-7-12-6-8-2-4-9(10)5-3-8;1-4-5-6-9(11)10-7-8(2)3;8-5-6-3-1-9-2-4(3)7-5;1-2-3-4-5/h2-5,7H,6,10H2,1H3,(H,11,12);8H,4-7H2,1-3H3,(H,10,11);3-4H,1-2H2,(H2,6,7,8);5H,2-4H2,1H3/t;;3-,4+;. The molecule has 0 aliphatic carbocycles. The zero-order valence-corrected chi connectivity index (χ0v) is 24.2. The number of rotatable bonds is 10. The number of unbranched alkanes of at least 4 members (excludes halogenated alkanes) is 2. The van der Waals surface area contributed by atoms with E-state index in [1.165, 1.54) is 5.56 Å². The highest BCUT2D eigenvalue weighted by Crippen LogP contribution is 2.20. The van der Waals surface area contributed by atoms with E-state index >= 15 is 0 Å². The molecule has 2 fully saturated rings. The molecule has 2 saturated heterocycles. The number of anilines is 1. The molecule has 2 aliphatic rings. The van der Waals surface area contributed by atoms with E-state index in [4.69, 9.17) is 10.8 Å². The van der Waals surface area contributed by atoms with E-state index in [2.05, 4.69) is 54.0 Å². The third-order valence-electron chi connectivity index (χ3n) is 5.20. The molecule has 0 saturated carbocycles. The first kappa shape index (κ1) is 34.5. The third-order valence-corrected chi connectivity index (χ3v) is 6.39. The Bertz CT molecular complexity index is 730. The van der Waals surface area contributed by atoms with Crippen molar-refractivity contribution in [3.05, 3.63) is 29.8 Å². The number of amides is 3. The molecule has 1 aromatic rings. The zero-order valence-electron chi connectivity index (χ0n) is 23.4. The summed E-state index contributed by atoms with van der Waals surface area (Å²) in [6.07, 6.45) is 6.50. The second-order valence-electron chi connectivity index (χ2n) is 9.26. The van der Waals surface area contributed by atoms with Gasteiger partial charge < -0.3 is 32.1 Å². The molecule has 3 amide bonds. The molecule has 0 spiro atoms. The summed E-state index contributed by atoms with van der Waals surface area (Å²) in [4.78, 5) is 25.4. The summed E-state index contributed by atoms with van der Waals surface area (Å²) >= 11 is 1.89. The molecule has 9 nitrogen and oxygen atoms in total. The number of aliphatic imine (C=N–C) groups is 1. The number of hydrogen-bond acceptors (Lipinski definition) is 6. The van der Waals surface area contributed by atoms with Gasteiger partial charge >= 0.3 is 6.03 Å². The van der Waals surface area contributed by atoms with Gasteiger partial charge in [-0.1, -0.05) is 52.7 Å². The Morgan fingerprint density at radius 1 is 1.16 bits per heavy atom. The highest BCUT2D eigenvalue weighted by molar-refractivity contribution is 7.99. The van der Waals surface area contributed by atoms with Crippen molar-refractivity contribution in [2.75, 3.05) is 37.4 Å². The summed E-state index contributed by atoms with van der Waals surface area (Å²) in [5.74, 6) is 2.90. The van der Waals surface area contributed by atoms with Gasteiger partial charge in [0, 0.05) is 50.4 Å². The summed E-state index contributed by atoms with van der Waals surface area (Å²) in [6.45, 7) is 10.3. The fourth-order valence-corrected chi connectivity index (χ4v) is 4.28. The number of nitrogens with one attached hydrogen (secondary N) is 4. The Kier molecular flexibility index (Phi) is 21.2. The van der Waals surface area contributed by atoms with Crippen molar-refractivity contribution < 1.29 is 14.7 Å². The minimum atomic E-state index is 0.00491.